The van der Waals surface area contributed by atoms with Crippen molar-refractivity contribution >= 4 is 29.2 Å². The molecule has 0 aromatic heterocycles. The van der Waals surface area contributed by atoms with Gasteiger partial charge in [0.05, 0.1) is 11.9 Å². The van der Waals surface area contributed by atoms with E-state index >= 15 is 0 Å². The predicted molar refractivity (Wildman–Crippen MR) is 113 cm³/mol. The molecule has 1 saturated heterocycles. The Kier molecular flexibility index (Phi) is 7.62. The Balaban J connectivity index is 2.12. The number of rotatable bonds is 4. The van der Waals surface area contributed by atoms with E-state index in [1.807, 2.05) is 21.0 Å². The van der Waals surface area contributed by atoms with E-state index in [4.69, 9.17) is 12.2 Å². The van der Waals surface area contributed by atoms with Crippen molar-refractivity contribution in [1.29, 1.82) is 5.26 Å². The highest BCUT2D eigenvalue weighted by Crippen LogP contribution is 2.30. The molecule has 0 spiro atoms. The number of anilines is 1. The number of halogens is 3. The van der Waals surface area contributed by atoms with Crippen molar-refractivity contribution in [2.45, 2.75) is 19.5 Å². The molecule has 2 rings (SSSR count). The first-order valence-electron chi connectivity index (χ1n) is 9.16. The summed E-state index contributed by atoms with van der Waals surface area (Å²) in [6.07, 6.45) is -1.97. The second-order valence-corrected chi connectivity index (χ2v) is 7.34. The summed E-state index contributed by atoms with van der Waals surface area (Å²) in [5.74, 6) is 0. The van der Waals surface area contributed by atoms with E-state index in [9.17, 15) is 18.4 Å². The summed E-state index contributed by atoms with van der Waals surface area (Å²) >= 11 is 5.28. The van der Waals surface area contributed by atoms with Gasteiger partial charge < -0.3 is 14.7 Å². The van der Waals surface area contributed by atoms with Crippen molar-refractivity contribution in [1.82, 2.24) is 9.80 Å². The largest absolute Gasteiger partial charge is 0.416 e. The molecule has 0 saturated carbocycles. The number of allylic oxidation sites excluding steroid dienone is 1. The van der Waals surface area contributed by atoms with Crippen LogP contribution in [0.3, 0.4) is 0 Å². The summed E-state index contributed by atoms with van der Waals surface area (Å²) in [7, 11) is 3.64. The minimum absolute atomic E-state index is 0.238. The third-order valence-corrected chi connectivity index (χ3v) is 4.93. The first kappa shape index (κ1) is 22.7. The average molecular weight is 424 g/mol. The summed E-state index contributed by atoms with van der Waals surface area (Å²) < 4.78 is 38.3. The summed E-state index contributed by atoms with van der Waals surface area (Å²) in [6, 6.07) is 7.38. The number of hydrogen-bond donors (Lipinski definition) is 0. The van der Waals surface area contributed by atoms with Crippen molar-refractivity contribution in [2.24, 2.45) is 4.99 Å². The van der Waals surface area contributed by atoms with Crippen molar-refractivity contribution < 1.29 is 13.2 Å². The molecular weight excluding hydrogens is 399 g/mol. The molecule has 1 aromatic carbocycles. The molecular formula is C20H24F3N5S. The van der Waals surface area contributed by atoms with Gasteiger partial charge in [0.2, 0.25) is 0 Å². The van der Waals surface area contributed by atoms with Crippen LogP contribution in [-0.2, 0) is 6.18 Å². The van der Waals surface area contributed by atoms with Crippen LogP contribution in [0.25, 0.3) is 0 Å². The highest BCUT2D eigenvalue weighted by molar-refractivity contribution is 7.80. The molecule has 1 fully saturated rings. The summed E-state index contributed by atoms with van der Waals surface area (Å²) in [6.45, 7) is 4.57. The van der Waals surface area contributed by atoms with E-state index in [2.05, 4.69) is 20.9 Å². The number of hydrogen-bond acceptors (Lipinski definition) is 4. The van der Waals surface area contributed by atoms with Crippen LogP contribution in [0.1, 0.15) is 18.9 Å². The molecule has 5 nitrogen and oxygen atoms in total. The van der Waals surface area contributed by atoms with Crippen LogP contribution in [0.4, 0.5) is 18.9 Å². The zero-order chi connectivity index (χ0) is 21.6. The first-order valence-corrected chi connectivity index (χ1v) is 9.57. The lowest BCUT2D eigenvalue weighted by Crippen LogP contribution is -2.30. The van der Waals surface area contributed by atoms with Gasteiger partial charge in [0.15, 0.2) is 0 Å². The van der Waals surface area contributed by atoms with Crippen molar-refractivity contribution in [3.63, 3.8) is 0 Å². The van der Waals surface area contributed by atoms with Gasteiger partial charge in [-0.1, -0.05) is 12.2 Å². The molecule has 0 unspecified atom stereocenters. The van der Waals surface area contributed by atoms with Gasteiger partial charge in [-0.3, -0.25) is 0 Å². The molecule has 1 aliphatic rings. The number of thiocarbonyl (C=S) groups is 1. The van der Waals surface area contributed by atoms with Gasteiger partial charge in [-0.2, -0.15) is 18.4 Å². The normalized spacial score (nSPS) is 16.3. The van der Waals surface area contributed by atoms with Gasteiger partial charge in [0.25, 0.3) is 0 Å². The minimum atomic E-state index is -4.34. The molecule has 0 atom stereocenters. The van der Waals surface area contributed by atoms with Crippen molar-refractivity contribution in [3.8, 4) is 6.07 Å². The summed E-state index contributed by atoms with van der Waals surface area (Å²) in [4.78, 5) is 10.3. The van der Waals surface area contributed by atoms with Crippen molar-refractivity contribution in [2.75, 3.05) is 45.2 Å². The molecule has 0 radical (unpaired) electrons. The summed E-state index contributed by atoms with van der Waals surface area (Å²) in [5.41, 5.74) is 1.23. The second-order valence-electron chi connectivity index (χ2n) is 6.96. The van der Waals surface area contributed by atoms with Gasteiger partial charge in [0.1, 0.15) is 16.6 Å². The Morgan fingerprint density at radius 1 is 1.17 bits per heavy atom. The molecule has 1 heterocycles. The standard InChI is InChI=1S/C20H24F3N5S/c1-15(18(13-24)19(29)25-14-26(2)3)27-9-4-10-28(12-11-27)17-7-5-16(6-8-17)20(21,22)23/h5-8,14H,4,9-12H2,1-3H3/b18-15-,25-14+. The fraction of sp³-hybridized carbons (Fsp3) is 0.450. The molecule has 0 aliphatic carbocycles. The van der Waals surface area contributed by atoms with E-state index in [-0.39, 0.29) is 4.99 Å². The fourth-order valence-electron chi connectivity index (χ4n) is 3.05. The van der Waals surface area contributed by atoms with Gasteiger partial charge in [-0.15, -0.1) is 0 Å². The molecule has 29 heavy (non-hydrogen) atoms. The number of benzene rings is 1. The quantitative estimate of drug-likeness (QED) is 0.241. The SMILES string of the molecule is C/C(=C(\C#N)C(=S)/N=C/N(C)C)N1CCCN(c2ccc(C(F)(F)F)cc2)CC1. The van der Waals surface area contributed by atoms with Crippen LogP contribution in [0.15, 0.2) is 40.5 Å². The van der Waals surface area contributed by atoms with Crippen LogP contribution in [0.2, 0.25) is 0 Å². The predicted octanol–water partition coefficient (Wildman–Crippen LogP) is 3.93. The second kappa shape index (κ2) is 9.74. The highest BCUT2D eigenvalue weighted by atomic mass is 32.1. The molecule has 0 N–H and O–H groups in total. The zero-order valence-corrected chi connectivity index (χ0v) is 17.5. The fourth-order valence-corrected chi connectivity index (χ4v) is 3.29. The Bertz CT molecular complexity index is 822. The summed E-state index contributed by atoms with van der Waals surface area (Å²) in [5, 5.41) is 9.54. The van der Waals surface area contributed by atoms with Gasteiger partial charge in [-0.25, -0.2) is 4.99 Å². The van der Waals surface area contributed by atoms with E-state index in [0.29, 0.717) is 18.7 Å². The van der Waals surface area contributed by atoms with Crippen LogP contribution in [0, 0.1) is 11.3 Å². The van der Waals surface area contributed by atoms with Crippen LogP contribution in [-0.4, -0.2) is 61.4 Å². The molecule has 1 aromatic rings. The van der Waals surface area contributed by atoms with E-state index in [1.54, 1.807) is 11.2 Å². The maximum atomic E-state index is 12.8. The third-order valence-electron chi connectivity index (χ3n) is 4.62. The third kappa shape index (κ3) is 6.19. The first-order chi connectivity index (χ1) is 13.6. The maximum absolute atomic E-state index is 12.8. The van der Waals surface area contributed by atoms with Gasteiger partial charge >= 0.3 is 6.18 Å². The lowest BCUT2D eigenvalue weighted by Gasteiger charge is -2.26. The lowest BCUT2D eigenvalue weighted by molar-refractivity contribution is -0.137. The number of nitrogens with zero attached hydrogens (tertiary/aromatic N) is 5. The molecule has 156 valence electrons. The van der Waals surface area contributed by atoms with Crippen LogP contribution in [0.5, 0.6) is 0 Å². The Morgan fingerprint density at radius 3 is 2.38 bits per heavy atom. The molecule has 9 heteroatoms. The zero-order valence-electron chi connectivity index (χ0n) is 16.7. The van der Waals surface area contributed by atoms with Gasteiger partial charge in [-0.05, 0) is 37.6 Å². The Morgan fingerprint density at radius 2 is 1.83 bits per heavy atom. The van der Waals surface area contributed by atoms with Crippen LogP contribution < -0.4 is 4.90 Å². The topological polar surface area (TPSA) is 45.9 Å². The van der Waals surface area contributed by atoms with Crippen molar-refractivity contribution in [3.05, 3.63) is 41.1 Å². The highest BCUT2D eigenvalue weighted by Gasteiger charge is 2.30. The van der Waals surface area contributed by atoms with E-state index in [0.717, 1.165) is 43.0 Å². The number of alkyl halides is 3. The molecule has 0 amide bonds. The minimum Gasteiger partial charge on any atom is -0.372 e. The Labute approximate surface area is 174 Å². The molecule has 1 aliphatic heterocycles. The lowest BCUT2D eigenvalue weighted by atomic mass is 10.2. The van der Waals surface area contributed by atoms with E-state index in [1.165, 1.54) is 12.1 Å². The Hall–Kier alpha value is -2.60. The smallest absolute Gasteiger partial charge is 0.372 e. The number of nitriles is 1. The van der Waals surface area contributed by atoms with Crippen LogP contribution >= 0.6 is 12.2 Å². The molecule has 0 bridgehead atoms. The average Bonchev–Trinajstić information content (AvgIpc) is 2.92. The maximum Gasteiger partial charge on any atom is 0.416 e. The monoisotopic (exact) mass is 423 g/mol. The van der Waals surface area contributed by atoms with E-state index < -0.39 is 11.7 Å². The van der Waals surface area contributed by atoms with Gasteiger partial charge in [0, 0.05) is 51.7 Å². The number of aliphatic imine (C=N–C) groups is 1.